The van der Waals surface area contributed by atoms with Gasteiger partial charge >= 0.3 is 6.09 Å². The summed E-state index contributed by atoms with van der Waals surface area (Å²) >= 11 is 0. The van der Waals surface area contributed by atoms with Gasteiger partial charge in [0, 0.05) is 4.91 Å². The van der Waals surface area contributed by atoms with Crippen LogP contribution >= 0.6 is 0 Å². The fourth-order valence-electron chi connectivity index (χ4n) is 0.868. The molecule has 0 spiro atoms. The van der Waals surface area contributed by atoms with Crippen LogP contribution in [0.5, 0.6) is 0 Å². The van der Waals surface area contributed by atoms with E-state index in [2.05, 4.69) is 15.3 Å². The van der Waals surface area contributed by atoms with Crippen molar-refractivity contribution in [2.45, 2.75) is 45.4 Å². The van der Waals surface area contributed by atoms with Crippen LogP contribution in [0.15, 0.2) is 5.11 Å². The number of azide groups is 1. The number of amides is 1. The van der Waals surface area contributed by atoms with E-state index in [1.165, 1.54) is 0 Å². The lowest BCUT2D eigenvalue weighted by atomic mass is 10.2. The molecule has 0 saturated carbocycles. The highest BCUT2D eigenvalue weighted by molar-refractivity contribution is 5.68. The van der Waals surface area contributed by atoms with Crippen LogP contribution in [0.4, 0.5) is 4.79 Å². The number of aliphatic hydroxyl groups excluding tert-OH is 1. The fraction of sp³-hybridized carbons (Fsp3) is 0.889. The van der Waals surface area contributed by atoms with E-state index in [0.717, 1.165) is 0 Å². The number of carbonyl (C=O) groups is 1. The molecule has 0 fully saturated rings. The van der Waals surface area contributed by atoms with Gasteiger partial charge in [-0.05, 0) is 33.2 Å². The molecule has 0 aromatic carbocycles. The molecule has 0 unspecified atom stereocenters. The summed E-state index contributed by atoms with van der Waals surface area (Å²) in [5.41, 5.74) is 7.48. The van der Waals surface area contributed by atoms with Crippen molar-refractivity contribution in [2.75, 3.05) is 6.54 Å². The third-order valence-electron chi connectivity index (χ3n) is 1.65. The number of carbonyl (C=O) groups excluding carboxylic acids is 1. The van der Waals surface area contributed by atoms with E-state index in [4.69, 9.17) is 10.3 Å². The number of alkyl carbamates (subject to hydrolysis) is 1. The van der Waals surface area contributed by atoms with Gasteiger partial charge in [0.15, 0.2) is 0 Å². The SMILES string of the molecule is C[C@@H](NC(=O)OC(C)(C)C)[C@H](O)CN=[N+]=[N-]. The predicted octanol–water partition coefficient (Wildman–Crippen LogP) is 1.57. The van der Waals surface area contributed by atoms with Gasteiger partial charge in [0.25, 0.3) is 0 Å². The van der Waals surface area contributed by atoms with Gasteiger partial charge in [-0.15, -0.1) is 0 Å². The van der Waals surface area contributed by atoms with Crippen molar-refractivity contribution < 1.29 is 14.6 Å². The average Bonchev–Trinajstić information content (AvgIpc) is 2.10. The molecule has 7 nitrogen and oxygen atoms in total. The monoisotopic (exact) mass is 230 g/mol. The first-order valence-electron chi connectivity index (χ1n) is 4.94. The summed E-state index contributed by atoms with van der Waals surface area (Å²) in [6.07, 6.45) is -1.54. The number of nitrogens with zero attached hydrogens (tertiary/aromatic N) is 3. The van der Waals surface area contributed by atoms with Gasteiger partial charge in [-0.25, -0.2) is 4.79 Å². The van der Waals surface area contributed by atoms with E-state index < -0.39 is 23.8 Å². The molecule has 7 heteroatoms. The topological polar surface area (TPSA) is 107 Å². The Hall–Kier alpha value is -1.46. The molecule has 0 aliphatic heterocycles. The molecule has 0 bridgehead atoms. The molecule has 0 rings (SSSR count). The molecule has 2 N–H and O–H groups in total. The van der Waals surface area contributed by atoms with Crippen LogP contribution in [0.1, 0.15) is 27.7 Å². The highest BCUT2D eigenvalue weighted by atomic mass is 16.6. The summed E-state index contributed by atoms with van der Waals surface area (Å²) in [4.78, 5) is 13.8. The number of aliphatic hydroxyl groups is 1. The normalized spacial score (nSPS) is 14.6. The first kappa shape index (κ1) is 14.5. The van der Waals surface area contributed by atoms with E-state index in [1.807, 2.05) is 0 Å². The first-order chi connectivity index (χ1) is 7.26. The summed E-state index contributed by atoms with van der Waals surface area (Å²) in [5, 5.41) is 15.1. The van der Waals surface area contributed by atoms with Crippen molar-refractivity contribution in [3.8, 4) is 0 Å². The van der Waals surface area contributed by atoms with Crippen LogP contribution in [0.3, 0.4) is 0 Å². The van der Waals surface area contributed by atoms with Gasteiger partial charge in [0.1, 0.15) is 5.60 Å². The second kappa shape index (κ2) is 6.19. The van der Waals surface area contributed by atoms with E-state index in [-0.39, 0.29) is 6.54 Å². The average molecular weight is 230 g/mol. The minimum Gasteiger partial charge on any atom is -0.444 e. The number of hydrogen-bond acceptors (Lipinski definition) is 4. The number of ether oxygens (including phenoxy) is 1. The molecule has 0 aliphatic rings. The van der Waals surface area contributed by atoms with Crippen LogP contribution in [-0.4, -0.2) is 35.5 Å². The lowest BCUT2D eigenvalue weighted by molar-refractivity contribution is 0.0443. The van der Waals surface area contributed by atoms with Gasteiger partial charge in [-0.1, -0.05) is 5.11 Å². The zero-order valence-corrected chi connectivity index (χ0v) is 9.97. The maximum absolute atomic E-state index is 11.3. The molecule has 0 aromatic heterocycles. The predicted molar refractivity (Wildman–Crippen MR) is 58.9 cm³/mol. The molecule has 16 heavy (non-hydrogen) atoms. The molecule has 0 radical (unpaired) electrons. The standard InChI is InChI=1S/C9H18N4O3/c1-6(7(14)5-11-13-10)12-8(15)16-9(2,3)4/h6-7,14H,5H2,1-4H3,(H,12,15)/t6-,7-/m1/s1. The second-order valence-electron chi connectivity index (χ2n) is 4.42. The zero-order valence-electron chi connectivity index (χ0n) is 9.97. The van der Waals surface area contributed by atoms with E-state index in [0.29, 0.717) is 0 Å². The van der Waals surface area contributed by atoms with Crippen molar-refractivity contribution in [3.63, 3.8) is 0 Å². The lowest BCUT2D eigenvalue weighted by Gasteiger charge is -2.23. The molecule has 0 heterocycles. The van der Waals surface area contributed by atoms with Crippen LogP contribution in [0, 0.1) is 0 Å². The molecule has 0 aliphatic carbocycles. The number of hydrogen-bond donors (Lipinski definition) is 2. The number of nitrogens with one attached hydrogen (secondary N) is 1. The summed E-state index contributed by atoms with van der Waals surface area (Å²) in [7, 11) is 0. The van der Waals surface area contributed by atoms with Gasteiger partial charge in [-0.3, -0.25) is 0 Å². The quantitative estimate of drug-likeness (QED) is 0.434. The van der Waals surface area contributed by atoms with Gasteiger partial charge in [0.2, 0.25) is 0 Å². The maximum atomic E-state index is 11.3. The number of rotatable bonds is 4. The molecule has 0 saturated heterocycles. The minimum absolute atomic E-state index is 0.0898. The summed E-state index contributed by atoms with van der Waals surface area (Å²) < 4.78 is 5.00. The third kappa shape index (κ3) is 6.92. The van der Waals surface area contributed by atoms with Gasteiger partial charge < -0.3 is 15.2 Å². The van der Waals surface area contributed by atoms with E-state index in [9.17, 15) is 9.90 Å². The lowest BCUT2D eigenvalue weighted by Crippen LogP contribution is -2.44. The van der Waals surface area contributed by atoms with Crippen LogP contribution in [-0.2, 0) is 4.74 Å². The molecule has 1 amide bonds. The largest absolute Gasteiger partial charge is 0.444 e. The Morgan fingerprint density at radius 2 is 2.19 bits per heavy atom. The summed E-state index contributed by atoms with van der Waals surface area (Å²) in [6.45, 7) is 6.74. The Kier molecular flexibility index (Phi) is 5.63. The van der Waals surface area contributed by atoms with Gasteiger partial charge in [0.05, 0.1) is 18.7 Å². The summed E-state index contributed by atoms with van der Waals surface area (Å²) in [6, 6.07) is -0.541. The van der Waals surface area contributed by atoms with Crippen molar-refractivity contribution in [1.29, 1.82) is 0 Å². The Balaban J connectivity index is 4.08. The Bertz CT molecular complexity index is 281. The first-order valence-corrected chi connectivity index (χ1v) is 4.94. The Morgan fingerprint density at radius 1 is 1.62 bits per heavy atom. The zero-order chi connectivity index (χ0) is 12.8. The van der Waals surface area contributed by atoms with E-state index >= 15 is 0 Å². The smallest absolute Gasteiger partial charge is 0.407 e. The molecular weight excluding hydrogens is 212 g/mol. The molecular formula is C9H18N4O3. The molecule has 92 valence electrons. The van der Waals surface area contributed by atoms with Crippen molar-refractivity contribution in [3.05, 3.63) is 10.4 Å². The second-order valence-corrected chi connectivity index (χ2v) is 4.42. The van der Waals surface area contributed by atoms with Crippen molar-refractivity contribution in [2.24, 2.45) is 5.11 Å². The van der Waals surface area contributed by atoms with E-state index in [1.54, 1.807) is 27.7 Å². The Labute approximate surface area is 94.4 Å². The molecule has 2 atom stereocenters. The van der Waals surface area contributed by atoms with Crippen LogP contribution in [0.2, 0.25) is 0 Å². The highest BCUT2D eigenvalue weighted by Crippen LogP contribution is 2.07. The van der Waals surface area contributed by atoms with Crippen molar-refractivity contribution in [1.82, 2.24) is 5.32 Å². The fourth-order valence-corrected chi connectivity index (χ4v) is 0.868. The molecule has 0 aromatic rings. The minimum atomic E-state index is -0.927. The highest BCUT2D eigenvalue weighted by Gasteiger charge is 2.20. The maximum Gasteiger partial charge on any atom is 0.407 e. The van der Waals surface area contributed by atoms with Crippen molar-refractivity contribution >= 4 is 6.09 Å². The van der Waals surface area contributed by atoms with Gasteiger partial charge in [-0.2, -0.15) is 0 Å². The van der Waals surface area contributed by atoms with Crippen LogP contribution in [0.25, 0.3) is 10.4 Å². The van der Waals surface area contributed by atoms with Crippen LogP contribution < -0.4 is 5.32 Å². The Morgan fingerprint density at radius 3 is 2.62 bits per heavy atom. The summed E-state index contributed by atoms with van der Waals surface area (Å²) in [5.74, 6) is 0. The third-order valence-corrected chi connectivity index (χ3v) is 1.65.